The predicted molar refractivity (Wildman–Crippen MR) is 54.3 cm³/mol. The molecular weight excluding hydrogens is 164 g/mol. The molecule has 0 fully saturated rings. The van der Waals surface area contributed by atoms with E-state index >= 15 is 0 Å². The molecule has 0 radical (unpaired) electrons. The number of ether oxygens (including phenoxy) is 1. The first-order chi connectivity index (χ1) is 6.31. The zero-order valence-corrected chi connectivity index (χ0v) is 8.19. The minimum absolute atomic E-state index is 0.321. The molecule has 0 spiro atoms. The van der Waals surface area contributed by atoms with Crippen LogP contribution < -0.4 is 0 Å². The Labute approximate surface area is 79.6 Å². The molecule has 0 rings (SSSR count). The largest absolute Gasteiger partial charge is 0.466 e. The number of esters is 1. The van der Waals surface area contributed by atoms with E-state index in [2.05, 4.69) is 10.8 Å². The second-order valence-electron chi connectivity index (χ2n) is 2.46. The van der Waals surface area contributed by atoms with Gasteiger partial charge in [0.05, 0.1) is 7.11 Å². The van der Waals surface area contributed by atoms with Gasteiger partial charge >= 0.3 is 5.97 Å². The number of methoxy groups -OCH3 is 1. The highest BCUT2D eigenvalue weighted by Crippen LogP contribution is 1.92. The summed E-state index contributed by atoms with van der Waals surface area (Å²) in [6.45, 7) is 2.00. The number of unbranched alkanes of at least 4 members (excludes halogenated alkanes) is 1. The second-order valence-corrected chi connectivity index (χ2v) is 2.46. The van der Waals surface area contributed by atoms with E-state index in [9.17, 15) is 4.79 Å². The zero-order valence-electron chi connectivity index (χ0n) is 8.19. The molecule has 0 saturated heterocycles. The van der Waals surface area contributed by atoms with Crippen LogP contribution in [0.2, 0.25) is 0 Å². The lowest BCUT2D eigenvalue weighted by Crippen LogP contribution is -1.92. The zero-order chi connectivity index (χ0) is 9.94. The minimum Gasteiger partial charge on any atom is -0.466 e. The lowest BCUT2D eigenvalue weighted by molar-refractivity contribution is -0.134. The van der Waals surface area contributed by atoms with Gasteiger partial charge in [0.1, 0.15) is 0 Å². The summed E-state index contributed by atoms with van der Waals surface area (Å²) >= 11 is 0. The predicted octanol–water partition coefficient (Wildman–Crippen LogP) is 2.63. The van der Waals surface area contributed by atoms with Crippen LogP contribution in [-0.4, -0.2) is 13.1 Å². The van der Waals surface area contributed by atoms with Crippen LogP contribution in [-0.2, 0) is 9.53 Å². The Hall–Kier alpha value is -1.31. The third-order valence-corrected chi connectivity index (χ3v) is 1.42. The Morgan fingerprint density at radius 2 is 1.92 bits per heavy atom. The van der Waals surface area contributed by atoms with E-state index in [-0.39, 0.29) is 5.97 Å². The number of carbonyl (C=O) groups excluding carboxylic acids is 1. The number of hydrogen-bond donors (Lipinski definition) is 0. The number of hydrogen-bond acceptors (Lipinski definition) is 2. The van der Waals surface area contributed by atoms with Crippen LogP contribution in [0.1, 0.15) is 19.8 Å². The molecule has 0 N–H and O–H groups in total. The number of rotatable bonds is 5. The van der Waals surface area contributed by atoms with Crippen molar-refractivity contribution in [1.82, 2.24) is 0 Å². The summed E-state index contributed by atoms with van der Waals surface area (Å²) in [5.74, 6) is -0.321. The maximum Gasteiger partial charge on any atom is 0.330 e. The van der Waals surface area contributed by atoms with Crippen molar-refractivity contribution in [3.63, 3.8) is 0 Å². The maximum absolute atomic E-state index is 10.6. The molecule has 0 aromatic heterocycles. The summed E-state index contributed by atoms with van der Waals surface area (Å²) < 4.78 is 4.42. The molecule has 0 atom stereocenters. The fourth-order valence-corrected chi connectivity index (χ4v) is 0.736. The van der Waals surface area contributed by atoms with Crippen LogP contribution in [0.4, 0.5) is 0 Å². The van der Waals surface area contributed by atoms with Crippen molar-refractivity contribution in [2.45, 2.75) is 19.8 Å². The van der Waals surface area contributed by atoms with Gasteiger partial charge < -0.3 is 4.74 Å². The molecule has 72 valence electrons. The minimum atomic E-state index is -0.321. The van der Waals surface area contributed by atoms with Crippen LogP contribution >= 0.6 is 0 Å². The molecule has 0 aliphatic heterocycles. The van der Waals surface area contributed by atoms with Gasteiger partial charge in [0, 0.05) is 6.08 Å². The molecule has 2 heteroatoms. The normalized spacial score (nSPS) is 11.8. The summed E-state index contributed by atoms with van der Waals surface area (Å²) in [4.78, 5) is 10.6. The highest BCUT2D eigenvalue weighted by molar-refractivity contribution is 5.82. The number of carbonyl (C=O) groups is 1. The molecule has 0 aliphatic rings. The van der Waals surface area contributed by atoms with Crippen molar-refractivity contribution in [2.24, 2.45) is 0 Å². The number of allylic oxidation sites excluding steroid dienone is 5. The van der Waals surface area contributed by atoms with Gasteiger partial charge in [-0.15, -0.1) is 0 Å². The van der Waals surface area contributed by atoms with Gasteiger partial charge in [-0.2, -0.15) is 0 Å². The standard InChI is InChI=1S/C11H16O2/c1-3-4-5-6-7-8-9-10-11(12)13-2/h3-4,7-10H,5-6H2,1-2H3. The summed E-state index contributed by atoms with van der Waals surface area (Å²) in [7, 11) is 1.36. The molecule has 0 aromatic carbocycles. The average Bonchev–Trinajstić information content (AvgIpc) is 2.16. The average molecular weight is 180 g/mol. The first-order valence-electron chi connectivity index (χ1n) is 4.33. The Bertz CT molecular complexity index is 212. The molecule has 0 aliphatic carbocycles. The molecule has 0 unspecified atom stereocenters. The van der Waals surface area contributed by atoms with E-state index in [1.54, 1.807) is 6.08 Å². The van der Waals surface area contributed by atoms with E-state index in [0.29, 0.717) is 0 Å². The Kier molecular flexibility index (Phi) is 7.90. The van der Waals surface area contributed by atoms with Gasteiger partial charge in [-0.1, -0.05) is 30.4 Å². The molecule has 0 bridgehead atoms. The third kappa shape index (κ3) is 8.60. The molecule has 13 heavy (non-hydrogen) atoms. The summed E-state index contributed by atoms with van der Waals surface area (Å²) in [6, 6.07) is 0. The molecule has 0 aromatic rings. The Morgan fingerprint density at radius 1 is 1.23 bits per heavy atom. The Balaban J connectivity index is 3.51. The lowest BCUT2D eigenvalue weighted by Gasteiger charge is -1.86. The molecular formula is C11H16O2. The van der Waals surface area contributed by atoms with Gasteiger partial charge in [0.2, 0.25) is 0 Å². The highest BCUT2D eigenvalue weighted by atomic mass is 16.5. The summed E-state index contributed by atoms with van der Waals surface area (Å²) in [6.07, 6.45) is 13.1. The quantitative estimate of drug-likeness (QED) is 0.214. The van der Waals surface area contributed by atoms with Gasteiger partial charge in [0.15, 0.2) is 0 Å². The molecule has 2 nitrogen and oxygen atoms in total. The van der Waals surface area contributed by atoms with Crippen LogP contribution in [0.5, 0.6) is 0 Å². The smallest absolute Gasteiger partial charge is 0.330 e. The van der Waals surface area contributed by atoms with Gasteiger partial charge in [0.25, 0.3) is 0 Å². The van der Waals surface area contributed by atoms with Gasteiger partial charge in [-0.05, 0) is 19.8 Å². The van der Waals surface area contributed by atoms with Crippen LogP contribution in [0.3, 0.4) is 0 Å². The maximum atomic E-state index is 10.6. The molecule has 0 saturated carbocycles. The fourth-order valence-electron chi connectivity index (χ4n) is 0.736. The van der Waals surface area contributed by atoms with Crippen molar-refractivity contribution in [3.05, 3.63) is 36.5 Å². The van der Waals surface area contributed by atoms with Crippen molar-refractivity contribution in [1.29, 1.82) is 0 Å². The summed E-state index contributed by atoms with van der Waals surface area (Å²) in [5.41, 5.74) is 0. The third-order valence-electron chi connectivity index (χ3n) is 1.42. The van der Waals surface area contributed by atoms with Gasteiger partial charge in [-0.25, -0.2) is 4.79 Å². The van der Waals surface area contributed by atoms with E-state index in [4.69, 9.17) is 0 Å². The SMILES string of the molecule is CC=CCCC=CC=CC(=O)OC. The Morgan fingerprint density at radius 3 is 2.54 bits per heavy atom. The van der Waals surface area contributed by atoms with E-state index in [1.807, 2.05) is 25.2 Å². The van der Waals surface area contributed by atoms with Crippen molar-refractivity contribution >= 4 is 5.97 Å². The first kappa shape index (κ1) is 11.7. The van der Waals surface area contributed by atoms with Crippen molar-refractivity contribution in [2.75, 3.05) is 7.11 Å². The van der Waals surface area contributed by atoms with Crippen LogP contribution in [0.15, 0.2) is 36.5 Å². The fraction of sp³-hybridized carbons (Fsp3) is 0.364. The van der Waals surface area contributed by atoms with E-state index in [1.165, 1.54) is 13.2 Å². The molecule has 0 amide bonds. The van der Waals surface area contributed by atoms with E-state index in [0.717, 1.165) is 12.8 Å². The topological polar surface area (TPSA) is 26.3 Å². The van der Waals surface area contributed by atoms with Crippen LogP contribution in [0, 0.1) is 0 Å². The molecule has 0 heterocycles. The summed E-state index contributed by atoms with van der Waals surface area (Å²) in [5, 5.41) is 0. The van der Waals surface area contributed by atoms with Crippen molar-refractivity contribution < 1.29 is 9.53 Å². The monoisotopic (exact) mass is 180 g/mol. The second kappa shape index (κ2) is 8.78. The van der Waals surface area contributed by atoms with Crippen molar-refractivity contribution in [3.8, 4) is 0 Å². The first-order valence-corrected chi connectivity index (χ1v) is 4.33. The van der Waals surface area contributed by atoms with Gasteiger partial charge in [-0.3, -0.25) is 0 Å². The van der Waals surface area contributed by atoms with Crippen LogP contribution in [0.25, 0.3) is 0 Å². The highest BCUT2D eigenvalue weighted by Gasteiger charge is 1.85. The lowest BCUT2D eigenvalue weighted by atomic mass is 10.2. The van der Waals surface area contributed by atoms with E-state index < -0.39 is 0 Å².